The van der Waals surface area contributed by atoms with Gasteiger partial charge in [0.1, 0.15) is 11.5 Å². The van der Waals surface area contributed by atoms with Crippen molar-refractivity contribution in [1.29, 1.82) is 0 Å². The summed E-state index contributed by atoms with van der Waals surface area (Å²) in [6.45, 7) is 6.32. The summed E-state index contributed by atoms with van der Waals surface area (Å²) < 4.78 is 5.98. The molecule has 0 saturated heterocycles. The zero-order valence-electron chi connectivity index (χ0n) is 11.8. The van der Waals surface area contributed by atoms with Crippen molar-refractivity contribution < 1.29 is 4.74 Å². The highest BCUT2D eigenvalue weighted by atomic mass is 16.5. The van der Waals surface area contributed by atoms with Crippen LogP contribution in [0.1, 0.15) is 43.9 Å². The molecule has 1 atom stereocenters. The third kappa shape index (κ3) is 3.36. The number of para-hydroxylation sites is 1. The summed E-state index contributed by atoms with van der Waals surface area (Å²) in [6.07, 6.45) is 0. The van der Waals surface area contributed by atoms with Gasteiger partial charge < -0.3 is 10.5 Å². The van der Waals surface area contributed by atoms with Gasteiger partial charge in [-0.1, -0.05) is 44.2 Å². The van der Waals surface area contributed by atoms with Crippen molar-refractivity contribution in [2.24, 2.45) is 5.73 Å². The van der Waals surface area contributed by atoms with Crippen LogP contribution in [0.3, 0.4) is 0 Å². The fourth-order valence-corrected chi connectivity index (χ4v) is 2.01. The van der Waals surface area contributed by atoms with Gasteiger partial charge in [-0.15, -0.1) is 0 Å². The maximum Gasteiger partial charge on any atom is 0.132 e. The van der Waals surface area contributed by atoms with Gasteiger partial charge in [0.15, 0.2) is 0 Å². The van der Waals surface area contributed by atoms with Crippen LogP contribution in [0.2, 0.25) is 0 Å². The van der Waals surface area contributed by atoms with Gasteiger partial charge in [0, 0.05) is 11.6 Å². The van der Waals surface area contributed by atoms with Gasteiger partial charge in [-0.25, -0.2) is 0 Å². The monoisotopic (exact) mass is 255 g/mol. The first-order chi connectivity index (χ1) is 9.08. The van der Waals surface area contributed by atoms with Gasteiger partial charge in [-0.3, -0.25) is 0 Å². The number of benzene rings is 2. The highest BCUT2D eigenvalue weighted by molar-refractivity contribution is 5.40. The molecule has 0 spiro atoms. The minimum atomic E-state index is -0.0375. The van der Waals surface area contributed by atoms with Crippen molar-refractivity contribution in [1.82, 2.24) is 0 Å². The summed E-state index contributed by atoms with van der Waals surface area (Å²) in [5, 5.41) is 0. The molecule has 0 amide bonds. The second-order valence-electron chi connectivity index (χ2n) is 5.16. The molecule has 0 aromatic heterocycles. The SMILES string of the molecule is CC(C)c1cccc(Oc2ccccc2[C@H](C)N)c1. The van der Waals surface area contributed by atoms with Crippen LogP contribution < -0.4 is 10.5 Å². The van der Waals surface area contributed by atoms with E-state index >= 15 is 0 Å². The van der Waals surface area contributed by atoms with Gasteiger partial charge >= 0.3 is 0 Å². The fraction of sp³-hybridized carbons (Fsp3) is 0.294. The van der Waals surface area contributed by atoms with Gasteiger partial charge in [-0.05, 0) is 36.6 Å². The minimum absolute atomic E-state index is 0.0375. The molecule has 19 heavy (non-hydrogen) atoms. The van der Waals surface area contributed by atoms with Crippen LogP contribution in [0.25, 0.3) is 0 Å². The molecule has 0 aliphatic rings. The highest BCUT2D eigenvalue weighted by Crippen LogP contribution is 2.30. The van der Waals surface area contributed by atoms with E-state index < -0.39 is 0 Å². The third-order valence-electron chi connectivity index (χ3n) is 3.16. The first kappa shape index (κ1) is 13.6. The molecule has 2 nitrogen and oxygen atoms in total. The third-order valence-corrected chi connectivity index (χ3v) is 3.16. The van der Waals surface area contributed by atoms with Crippen molar-refractivity contribution >= 4 is 0 Å². The number of hydrogen-bond donors (Lipinski definition) is 1. The summed E-state index contributed by atoms with van der Waals surface area (Å²) >= 11 is 0. The van der Waals surface area contributed by atoms with Gasteiger partial charge in [-0.2, -0.15) is 0 Å². The van der Waals surface area contributed by atoms with Crippen LogP contribution in [-0.4, -0.2) is 0 Å². The number of rotatable bonds is 4. The lowest BCUT2D eigenvalue weighted by Gasteiger charge is -2.14. The number of ether oxygens (including phenoxy) is 1. The lowest BCUT2D eigenvalue weighted by Crippen LogP contribution is -2.06. The van der Waals surface area contributed by atoms with Gasteiger partial charge in [0.2, 0.25) is 0 Å². The largest absolute Gasteiger partial charge is 0.457 e. The Morgan fingerprint density at radius 2 is 1.68 bits per heavy atom. The predicted octanol–water partition coefficient (Wildman–Crippen LogP) is 4.62. The normalized spacial score (nSPS) is 12.5. The Bertz CT molecular complexity index is 546. The van der Waals surface area contributed by atoms with E-state index in [0.717, 1.165) is 17.1 Å². The van der Waals surface area contributed by atoms with Crippen molar-refractivity contribution in [3.05, 3.63) is 59.7 Å². The average molecular weight is 255 g/mol. The molecule has 0 heterocycles. The molecule has 0 aliphatic heterocycles. The molecule has 2 N–H and O–H groups in total. The zero-order chi connectivity index (χ0) is 13.8. The van der Waals surface area contributed by atoms with Crippen molar-refractivity contribution in [2.45, 2.75) is 32.7 Å². The minimum Gasteiger partial charge on any atom is -0.457 e. The molecule has 0 radical (unpaired) electrons. The second kappa shape index (κ2) is 5.89. The molecular formula is C17H21NO. The average Bonchev–Trinajstić information content (AvgIpc) is 2.39. The predicted molar refractivity (Wildman–Crippen MR) is 79.6 cm³/mol. The summed E-state index contributed by atoms with van der Waals surface area (Å²) in [5.74, 6) is 2.19. The van der Waals surface area contributed by atoms with E-state index in [1.165, 1.54) is 5.56 Å². The Labute approximate surface area is 115 Å². The van der Waals surface area contributed by atoms with Crippen LogP contribution >= 0.6 is 0 Å². The Morgan fingerprint density at radius 3 is 2.37 bits per heavy atom. The van der Waals surface area contributed by atoms with Gasteiger partial charge in [0.25, 0.3) is 0 Å². The topological polar surface area (TPSA) is 35.2 Å². The smallest absolute Gasteiger partial charge is 0.132 e. The quantitative estimate of drug-likeness (QED) is 0.865. The van der Waals surface area contributed by atoms with Crippen LogP contribution in [-0.2, 0) is 0 Å². The van der Waals surface area contributed by atoms with E-state index in [9.17, 15) is 0 Å². The van der Waals surface area contributed by atoms with E-state index in [1.54, 1.807) is 0 Å². The zero-order valence-corrected chi connectivity index (χ0v) is 11.8. The molecule has 100 valence electrons. The number of nitrogens with two attached hydrogens (primary N) is 1. The van der Waals surface area contributed by atoms with E-state index in [2.05, 4.69) is 26.0 Å². The first-order valence-electron chi connectivity index (χ1n) is 6.70. The molecule has 2 aromatic carbocycles. The standard InChI is InChI=1S/C17H21NO/c1-12(2)14-7-6-8-15(11-14)19-17-10-5-4-9-16(17)13(3)18/h4-13H,18H2,1-3H3/t13-/m0/s1. The summed E-state index contributed by atoms with van der Waals surface area (Å²) in [6, 6.07) is 16.1. The van der Waals surface area contributed by atoms with Crippen LogP contribution in [0.5, 0.6) is 11.5 Å². The first-order valence-corrected chi connectivity index (χ1v) is 6.70. The maximum absolute atomic E-state index is 5.98. The van der Waals surface area contributed by atoms with Crippen molar-refractivity contribution in [2.75, 3.05) is 0 Å². The summed E-state index contributed by atoms with van der Waals surface area (Å²) in [7, 11) is 0. The second-order valence-corrected chi connectivity index (χ2v) is 5.16. The van der Waals surface area contributed by atoms with Crippen LogP contribution in [0, 0.1) is 0 Å². The highest BCUT2D eigenvalue weighted by Gasteiger charge is 2.08. The molecule has 2 aromatic rings. The van der Waals surface area contributed by atoms with E-state index in [0.29, 0.717) is 5.92 Å². The fourth-order valence-electron chi connectivity index (χ4n) is 2.01. The summed E-state index contributed by atoms with van der Waals surface area (Å²) in [5.41, 5.74) is 8.27. The van der Waals surface area contributed by atoms with E-state index in [1.807, 2.05) is 43.3 Å². The molecule has 2 rings (SSSR count). The van der Waals surface area contributed by atoms with Crippen LogP contribution in [0.15, 0.2) is 48.5 Å². The van der Waals surface area contributed by atoms with Crippen LogP contribution in [0.4, 0.5) is 0 Å². The lowest BCUT2D eigenvalue weighted by molar-refractivity contribution is 0.471. The molecule has 0 bridgehead atoms. The van der Waals surface area contributed by atoms with E-state index in [-0.39, 0.29) is 6.04 Å². The lowest BCUT2D eigenvalue weighted by atomic mass is 10.0. The Morgan fingerprint density at radius 1 is 0.947 bits per heavy atom. The molecule has 0 fully saturated rings. The molecule has 0 saturated carbocycles. The molecular weight excluding hydrogens is 234 g/mol. The Balaban J connectivity index is 2.29. The molecule has 0 aliphatic carbocycles. The Hall–Kier alpha value is -1.80. The van der Waals surface area contributed by atoms with E-state index in [4.69, 9.17) is 10.5 Å². The van der Waals surface area contributed by atoms with Crippen molar-refractivity contribution in [3.8, 4) is 11.5 Å². The summed E-state index contributed by atoms with van der Waals surface area (Å²) in [4.78, 5) is 0. The Kier molecular flexibility index (Phi) is 4.23. The van der Waals surface area contributed by atoms with Gasteiger partial charge in [0.05, 0.1) is 0 Å². The molecule has 0 unspecified atom stereocenters. The van der Waals surface area contributed by atoms with Crippen molar-refractivity contribution in [3.63, 3.8) is 0 Å². The number of hydrogen-bond acceptors (Lipinski definition) is 2. The molecule has 2 heteroatoms. The maximum atomic E-state index is 5.98.